The van der Waals surface area contributed by atoms with Gasteiger partial charge in [-0.25, -0.2) is 0 Å². The van der Waals surface area contributed by atoms with Gasteiger partial charge in [0.1, 0.15) is 0 Å². The molecule has 36 valence electrons. The van der Waals surface area contributed by atoms with Crippen molar-refractivity contribution in [2.75, 3.05) is 0 Å². The number of hydrogen-bond acceptors (Lipinski definition) is 2. The summed E-state index contributed by atoms with van der Waals surface area (Å²) in [5, 5.41) is 5.40. The van der Waals surface area contributed by atoms with Crippen molar-refractivity contribution >= 4 is 27.2 Å². The lowest BCUT2D eigenvalue weighted by molar-refractivity contribution is 1.42. The van der Waals surface area contributed by atoms with Crippen molar-refractivity contribution in [3.05, 3.63) is 0 Å². The van der Waals surface area contributed by atoms with E-state index in [0.29, 0.717) is 5.11 Å². The zero-order chi connectivity index (χ0) is 4.99. The molecule has 0 fully saturated rings. The molecule has 0 radical (unpaired) electrons. The highest BCUT2D eigenvalue weighted by molar-refractivity contribution is 7.80. The van der Waals surface area contributed by atoms with Gasteiger partial charge in [0.15, 0.2) is 15.0 Å². The van der Waals surface area contributed by atoms with E-state index in [4.69, 9.17) is 11.1 Å². The fourth-order valence-corrected chi connectivity index (χ4v) is 0.552. The zero-order valence-electron chi connectivity index (χ0n) is 3.27. The summed E-state index contributed by atoms with van der Waals surface area (Å²) in [6.45, 7) is 0. The van der Waals surface area contributed by atoms with Gasteiger partial charge in [0.25, 0.3) is 0 Å². The summed E-state index contributed by atoms with van der Waals surface area (Å²) < 4.78 is 0. The van der Waals surface area contributed by atoms with Crippen LogP contribution in [0.15, 0.2) is 0 Å². The summed E-state index contributed by atoms with van der Waals surface area (Å²) in [7, 11) is -0.650. The Kier molecular flexibility index (Phi) is 3.00. The van der Waals surface area contributed by atoms with Crippen molar-refractivity contribution in [1.82, 2.24) is 4.98 Å². The Morgan fingerprint density at radius 1 is 1.83 bits per heavy atom. The molecule has 0 atom stereocenters. The van der Waals surface area contributed by atoms with E-state index in [-0.39, 0.29) is 0 Å². The number of nitrogens with one attached hydrogen (secondary N) is 1. The highest BCUT2D eigenvalue weighted by Gasteiger charge is 1.75. The van der Waals surface area contributed by atoms with Crippen molar-refractivity contribution in [2.24, 2.45) is 11.1 Å². The normalized spacial score (nSPS) is 9.50. The van der Waals surface area contributed by atoms with E-state index in [2.05, 4.69) is 17.2 Å². The van der Waals surface area contributed by atoms with Crippen molar-refractivity contribution < 1.29 is 0 Å². The van der Waals surface area contributed by atoms with Crippen LogP contribution in [0.3, 0.4) is 0 Å². The Hall–Kier alpha value is -0.133. The first-order chi connectivity index (χ1) is 2.77. The van der Waals surface area contributed by atoms with Crippen molar-refractivity contribution in [3.63, 3.8) is 0 Å². The van der Waals surface area contributed by atoms with E-state index >= 15 is 0 Å². The van der Waals surface area contributed by atoms with E-state index in [1.54, 1.807) is 0 Å². The van der Waals surface area contributed by atoms with Gasteiger partial charge >= 0.3 is 0 Å². The Morgan fingerprint density at radius 2 is 2.33 bits per heavy atom. The third-order valence-electron chi connectivity index (χ3n) is 0.276. The molecular formula is CH7N3SSi. The summed E-state index contributed by atoms with van der Waals surface area (Å²) in [4.78, 5) is 2.63. The van der Waals surface area contributed by atoms with E-state index in [1.807, 2.05) is 0 Å². The summed E-state index contributed by atoms with van der Waals surface area (Å²) in [5.41, 5.74) is 4.98. The van der Waals surface area contributed by atoms with Gasteiger partial charge in [-0.1, -0.05) is 0 Å². The van der Waals surface area contributed by atoms with Crippen LogP contribution in [0.1, 0.15) is 0 Å². The van der Waals surface area contributed by atoms with E-state index in [9.17, 15) is 0 Å². The third kappa shape index (κ3) is 3.87. The van der Waals surface area contributed by atoms with E-state index in [1.165, 1.54) is 0 Å². The van der Waals surface area contributed by atoms with Crippen LogP contribution in [0.5, 0.6) is 0 Å². The minimum atomic E-state index is -0.650. The lowest BCUT2D eigenvalue weighted by atomic mass is 11.3. The van der Waals surface area contributed by atoms with Crippen LogP contribution in [0.2, 0.25) is 0 Å². The molecule has 0 aromatic rings. The molecule has 0 heterocycles. The first kappa shape index (κ1) is 5.87. The average Bonchev–Trinajstić information content (AvgIpc) is 1.35. The fourth-order valence-electron chi connectivity index (χ4n) is 0.101. The molecule has 0 aromatic carbocycles. The molecule has 0 aromatic heterocycles. The maximum absolute atomic E-state index is 5.09. The first-order valence-corrected chi connectivity index (χ1v) is 3.44. The second-order valence-electron chi connectivity index (χ2n) is 0.745. The molecule has 0 saturated heterocycles. The minimum absolute atomic E-state index is 0.309. The second kappa shape index (κ2) is 3.07. The van der Waals surface area contributed by atoms with Crippen molar-refractivity contribution in [3.8, 4) is 0 Å². The van der Waals surface area contributed by atoms with Gasteiger partial charge in [-0.2, -0.15) is 0 Å². The highest BCUT2D eigenvalue weighted by atomic mass is 32.1. The van der Waals surface area contributed by atoms with E-state index in [0.717, 1.165) is 0 Å². The lowest BCUT2D eigenvalue weighted by Crippen LogP contribution is -2.36. The molecule has 0 rings (SSSR count). The Bertz CT molecular complexity index is 54.8. The summed E-state index contributed by atoms with van der Waals surface area (Å²) in [6.07, 6.45) is 0. The molecule has 0 spiro atoms. The Labute approximate surface area is 44.1 Å². The Morgan fingerprint density at radius 3 is 2.33 bits per heavy atom. The fraction of sp³-hybridized carbons (Fsp3) is 0. The maximum Gasteiger partial charge on any atom is 0.195 e. The molecule has 6 heavy (non-hydrogen) atoms. The molecule has 0 aliphatic carbocycles. The van der Waals surface area contributed by atoms with Gasteiger partial charge in [-0.15, -0.1) is 0 Å². The van der Waals surface area contributed by atoms with Crippen LogP contribution in [-0.2, 0) is 0 Å². The quantitative estimate of drug-likeness (QED) is 0.271. The molecule has 5 N–H and O–H groups in total. The van der Waals surface area contributed by atoms with Crippen LogP contribution in [0, 0.1) is 0 Å². The topological polar surface area (TPSA) is 64.1 Å². The smallest absolute Gasteiger partial charge is 0.195 e. The minimum Gasteiger partial charge on any atom is -0.381 e. The van der Waals surface area contributed by atoms with Gasteiger partial charge in [-0.05, 0) is 12.2 Å². The molecule has 0 saturated carbocycles. The van der Waals surface area contributed by atoms with Crippen LogP contribution >= 0.6 is 12.2 Å². The van der Waals surface area contributed by atoms with Gasteiger partial charge in [0.2, 0.25) is 0 Å². The molecule has 0 aliphatic rings. The van der Waals surface area contributed by atoms with Gasteiger partial charge in [0.05, 0.1) is 0 Å². The second-order valence-corrected chi connectivity index (χ2v) is 1.95. The monoisotopic (exact) mass is 121 g/mol. The van der Waals surface area contributed by atoms with Crippen LogP contribution in [-0.4, -0.2) is 15.0 Å². The molecule has 5 heteroatoms. The van der Waals surface area contributed by atoms with Crippen molar-refractivity contribution in [2.45, 2.75) is 0 Å². The zero-order valence-corrected chi connectivity index (χ0v) is 5.50. The van der Waals surface area contributed by atoms with Crippen LogP contribution < -0.4 is 16.1 Å². The standard InChI is InChI=1S/CH7N3SSi/c2-1(5)4-6-3/h3,6H2,(H3,2,4,5). The first-order valence-electron chi connectivity index (χ1n) is 1.50. The van der Waals surface area contributed by atoms with Crippen LogP contribution in [0.25, 0.3) is 0 Å². The molecule has 3 nitrogen and oxygen atoms in total. The number of rotatable bonds is 1. The highest BCUT2D eigenvalue weighted by Crippen LogP contribution is 1.45. The third-order valence-corrected chi connectivity index (χ3v) is 1.26. The molecule has 0 bridgehead atoms. The van der Waals surface area contributed by atoms with Crippen LogP contribution in [0.4, 0.5) is 0 Å². The number of hydrogen-bond donors (Lipinski definition) is 3. The number of nitrogens with two attached hydrogens (primary N) is 2. The van der Waals surface area contributed by atoms with Gasteiger partial charge < -0.3 is 16.1 Å². The molecular weight excluding hydrogens is 114 g/mol. The Balaban J connectivity index is 2.83. The summed E-state index contributed by atoms with van der Waals surface area (Å²) in [5.74, 6) is 0. The molecule has 0 amide bonds. The molecule has 0 aliphatic heterocycles. The molecule has 0 unspecified atom stereocenters. The largest absolute Gasteiger partial charge is 0.381 e. The van der Waals surface area contributed by atoms with Gasteiger partial charge in [0, 0.05) is 0 Å². The summed E-state index contributed by atoms with van der Waals surface area (Å²) >= 11 is 4.42. The lowest BCUT2D eigenvalue weighted by Gasteiger charge is -1.92. The van der Waals surface area contributed by atoms with Gasteiger partial charge in [-0.3, -0.25) is 0 Å². The number of thiocarbonyl (C=S) groups is 1. The summed E-state index contributed by atoms with van der Waals surface area (Å²) in [6, 6.07) is 0. The maximum atomic E-state index is 5.09. The van der Waals surface area contributed by atoms with E-state index < -0.39 is 9.84 Å². The average molecular weight is 121 g/mol. The van der Waals surface area contributed by atoms with Crippen molar-refractivity contribution in [1.29, 1.82) is 0 Å². The SMILES string of the molecule is N[SiH2]NC(N)=S. The predicted molar refractivity (Wildman–Crippen MR) is 32.7 cm³/mol. The predicted octanol–water partition coefficient (Wildman–Crippen LogP) is -2.22.